The molecule has 0 aliphatic rings. The van der Waals surface area contributed by atoms with Crippen LogP contribution in [0.2, 0.25) is 0 Å². The molecule has 1 heterocycles. The van der Waals surface area contributed by atoms with Crippen LogP contribution < -0.4 is 0 Å². The van der Waals surface area contributed by atoms with Crippen molar-refractivity contribution < 1.29 is 9.90 Å². The molecule has 0 atom stereocenters. The molecular formula is C10H14O2S. The Morgan fingerprint density at radius 1 is 1.62 bits per heavy atom. The summed E-state index contributed by atoms with van der Waals surface area (Å²) in [6.07, 6.45) is 3.31. The molecule has 2 nitrogen and oxygen atoms in total. The van der Waals surface area contributed by atoms with Crippen LogP contribution in [0.5, 0.6) is 0 Å². The highest BCUT2D eigenvalue weighted by molar-refractivity contribution is 7.14. The zero-order chi connectivity index (χ0) is 9.84. The first kappa shape index (κ1) is 10.3. The minimum Gasteiger partial charge on any atom is -0.477 e. The summed E-state index contributed by atoms with van der Waals surface area (Å²) in [7, 11) is 0. The molecule has 13 heavy (non-hydrogen) atoms. The Morgan fingerprint density at radius 2 is 2.31 bits per heavy atom. The highest BCUT2D eigenvalue weighted by Gasteiger charge is 2.09. The van der Waals surface area contributed by atoms with E-state index in [1.54, 1.807) is 6.07 Å². The molecule has 72 valence electrons. The lowest BCUT2D eigenvalue weighted by Crippen LogP contribution is -1.89. The maximum Gasteiger partial charge on any atom is 0.345 e. The average molecular weight is 198 g/mol. The van der Waals surface area contributed by atoms with E-state index in [-0.39, 0.29) is 0 Å². The van der Waals surface area contributed by atoms with Crippen LogP contribution >= 0.6 is 11.3 Å². The zero-order valence-electron chi connectivity index (χ0n) is 7.96. The molecule has 0 fully saturated rings. The summed E-state index contributed by atoms with van der Waals surface area (Å²) >= 11 is 1.41. The number of aryl methyl sites for hydroxylation is 2. The zero-order valence-corrected chi connectivity index (χ0v) is 8.78. The van der Waals surface area contributed by atoms with Gasteiger partial charge in [0.25, 0.3) is 0 Å². The third-order valence-corrected chi connectivity index (χ3v) is 3.27. The van der Waals surface area contributed by atoms with Gasteiger partial charge in [-0.1, -0.05) is 13.3 Å². The number of aromatic carboxylic acids is 1. The van der Waals surface area contributed by atoms with Crippen LogP contribution in [0, 0.1) is 6.92 Å². The summed E-state index contributed by atoms with van der Waals surface area (Å²) in [5.74, 6) is -0.809. The first-order valence-electron chi connectivity index (χ1n) is 4.47. The van der Waals surface area contributed by atoms with Crippen LogP contribution in [0.4, 0.5) is 0 Å². The number of carboxylic acids is 1. The predicted molar refractivity (Wildman–Crippen MR) is 54.6 cm³/mol. The van der Waals surface area contributed by atoms with E-state index in [2.05, 4.69) is 6.92 Å². The lowest BCUT2D eigenvalue weighted by atomic mass is 10.1. The molecule has 0 aliphatic heterocycles. The van der Waals surface area contributed by atoms with Crippen molar-refractivity contribution in [3.8, 4) is 0 Å². The average Bonchev–Trinajstić information content (AvgIpc) is 2.44. The van der Waals surface area contributed by atoms with Gasteiger partial charge in [0.2, 0.25) is 0 Å². The van der Waals surface area contributed by atoms with Crippen LogP contribution in [0.25, 0.3) is 0 Å². The summed E-state index contributed by atoms with van der Waals surface area (Å²) < 4.78 is 0. The monoisotopic (exact) mass is 198 g/mol. The van der Waals surface area contributed by atoms with Crippen molar-refractivity contribution in [1.82, 2.24) is 0 Å². The molecule has 0 unspecified atom stereocenters. The van der Waals surface area contributed by atoms with E-state index in [9.17, 15) is 4.79 Å². The van der Waals surface area contributed by atoms with Gasteiger partial charge in [-0.25, -0.2) is 4.79 Å². The molecule has 0 bridgehead atoms. The van der Waals surface area contributed by atoms with Crippen molar-refractivity contribution in [2.24, 2.45) is 0 Å². The number of hydrogen-bond acceptors (Lipinski definition) is 2. The van der Waals surface area contributed by atoms with E-state index >= 15 is 0 Å². The fraction of sp³-hybridized carbons (Fsp3) is 0.500. The van der Waals surface area contributed by atoms with Gasteiger partial charge in [0.15, 0.2) is 0 Å². The molecule has 0 spiro atoms. The minimum atomic E-state index is -0.809. The molecule has 3 heteroatoms. The van der Waals surface area contributed by atoms with Gasteiger partial charge in [0, 0.05) is 4.88 Å². The van der Waals surface area contributed by atoms with Crippen LogP contribution in [-0.4, -0.2) is 11.1 Å². The summed E-state index contributed by atoms with van der Waals surface area (Å²) in [6, 6.07) is 1.76. The lowest BCUT2D eigenvalue weighted by Gasteiger charge is -1.95. The Bertz CT molecular complexity index is 302. The van der Waals surface area contributed by atoms with Gasteiger partial charge < -0.3 is 5.11 Å². The molecular weight excluding hydrogens is 184 g/mol. The van der Waals surface area contributed by atoms with Crippen molar-refractivity contribution in [1.29, 1.82) is 0 Å². The number of rotatable bonds is 4. The first-order chi connectivity index (χ1) is 6.15. The maximum atomic E-state index is 10.7. The van der Waals surface area contributed by atoms with Gasteiger partial charge in [-0.3, -0.25) is 0 Å². The van der Waals surface area contributed by atoms with Gasteiger partial charge in [0.1, 0.15) is 4.88 Å². The Morgan fingerprint density at radius 3 is 2.77 bits per heavy atom. The standard InChI is InChI=1S/C10H14O2S/c1-3-4-5-8-7(2)6-9(13-8)10(11)12/h6H,3-5H2,1-2H3,(H,11,12). The highest BCUT2D eigenvalue weighted by Crippen LogP contribution is 2.23. The lowest BCUT2D eigenvalue weighted by molar-refractivity contribution is 0.0702. The summed E-state index contributed by atoms with van der Waals surface area (Å²) in [5.41, 5.74) is 1.12. The number of carboxylic acid groups (broad SMARTS) is 1. The summed E-state index contributed by atoms with van der Waals surface area (Å²) in [6.45, 7) is 4.12. The van der Waals surface area contributed by atoms with Gasteiger partial charge >= 0.3 is 5.97 Å². The Balaban J connectivity index is 2.77. The van der Waals surface area contributed by atoms with E-state index in [0.29, 0.717) is 4.88 Å². The minimum absolute atomic E-state index is 0.462. The van der Waals surface area contributed by atoms with Gasteiger partial charge in [-0.15, -0.1) is 11.3 Å². The van der Waals surface area contributed by atoms with E-state index in [0.717, 1.165) is 24.8 Å². The van der Waals surface area contributed by atoms with Crippen LogP contribution in [0.1, 0.15) is 39.9 Å². The highest BCUT2D eigenvalue weighted by atomic mass is 32.1. The number of thiophene rings is 1. The van der Waals surface area contributed by atoms with Gasteiger partial charge in [-0.2, -0.15) is 0 Å². The van der Waals surface area contributed by atoms with Crippen molar-refractivity contribution in [3.63, 3.8) is 0 Å². The first-order valence-corrected chi connectivity index (χ1v) is 5.29. The molecule has 1 aromatic rings. The summed E-state index contributed by atoms with van der Waals surface area (Å²) in [5, 5.41) is 8.76. The van der Waals surface area contributed by atoms with E-state index in [1.165, 1.54) is 16.2 Å². The van der Waals surface area contributed by atoms with Crippen LogP contribution in [0.15, 0.2) is 6.07 Å². The topological polar surface area (TPSA) is 37.3 Å². The fourth-order valence-electron chi connectivity index (χ4n) is 1.21. The molecule has 1 rings (SSSR count). The molecule has 1 aromatic heterocycles. The van der Waals surface area contributed by atoms with Crippen molar-refractivity contribution in [3.05, 3.63) is 21.4 Å². The van der Waals surface area contributed by atoms with Crippen molar-refractivity contribution in [2.75, 3.05) is 0 Å². The Labute approximate surface area is 82.2 Å². The number of hydrogen-bond donors (Lipinski definition) is 1. The SMILES string of the molecule is CCCCc1sc(C(=O)O)cc1C. The van der Waals surface area contributed by atoms with E-state index < -0.39 is 5.97 Å². The third-order valence-electron chi connectivity index (χ3n) is 1.99. The quantitative estimate of drug-likeness (QED) is 0.807. The largest absolute Gasteiger partial charge is 0.477 e. The molecule has 0 saturated heterocycles. The molecule has 0 amide bonds. The second-order valence-corrected chi connectivity index (χ2v) is 4.26. The van der Waals surface area contributed by atoms with Gasteiger partial charge in [-0.05, 0) is 31.4 Å². The number of carbonyl (C=O) groups is 1. The molecule has 1 N–H and O–H groups in total. The number of unbranched alkanes of at least 4 members (excludes halogenated alkanes) is 1. The van der Waals surface area contributed by atoms with Crippen LogP contribution in [0.3, 0.4) is 0 Å². The molecule has 0 saturated carbocycles. The molecule has 0 radical (unpaired) electrons. The molecule has 0 aromatic carbocycles. The normalized spacial score (nSPS) is 10.3. The molecule has 0 aliphatic carbocycles. The second-order valence-electron chi connectivity index (χ2n) is 3.13. The summed E-state index contributed by atoms with van der Waals surface area (Å²) in [4.78, 5) is 12.3. The van der Waals surface area contributed by atoms with Crippen molar-refractivity contribution >= 4 is 17.3 Å². The maximum absolute atomic E-state index is 10.7. The fourth-order valence-corrected chi connectivity index (χ4v) is 2.27. The smallest absolute Gasteiger partial charge is 0.345 e. The van der Waals surface area contributed by atoms with Crippen LogP contribution in [-0.2, 0) is 6.42 Å². The van der Waals surface area contributed by atoms with Crippen molar-refractivity contribution in [2.45, 2.75) is 33.1 Å². The van der Waals surface area contributed by atoms with E-state index in [1.807, 2.05) is 6.92 Å². The Hall–Kier alpha value is -0.830. The Kier molecular flexibility index (Phi) is 3.48. The van der Waals surface area contributed by atoms with E-state index in [4.69, 9.17) is 5.11 Å². The van der Waals surface area contributed by atoms with Gasteiger partial charge in [0.05, 0.1) is 0 Å². The second kappa shape index (κ2) is 4.42. The predicted octanol–water partition coefficient (Wildman–Crippen LogP) is 3.10. The third kappa shape index (κ3) is 2.56.